The molecule has 0 radical (unpaired) electrons. The maximum atomic E-state index is 13.0. The summed E-state index contributed by atoms with van der Waals surface area (Å²) in [5.74, 6) is 0.233. The molecule has 0 aromatic heterocycles. The molecule has 2 aromatic carbocycles. The monoisotopic (exact) mass is 499 g/mol. The van der Waals surface area contributed by atoms with Gasteiger partial charge in [0.15, 0.2) is 0 Å². The average Bonchev–Trinajstić information content (AvgIpc) is 2.80. The van der Waals surface area contributed by atoms with E-state index in [1.54, 1.807) is 24.0 Å². The number of aryl methyl sites for hydroxylation is 1. The molecule has 1 heterocycles. The van der Waals surface area contributed by atoms with E-state index in [0.29, 0.717) is 36.7 Å². The van der Waals surface area contributed by atoms with Crippen molar-refractivity contribution in [1.29, 1.82) is 0 Å². The second-order valence-corrected chi connectivity index (χ2v) is 10.1. The van der Waals surface area contributed by atoms with Gasteiger partial charge in [0, 0.05) is 38.9 Å². The molecule has 1 amide bonds. The van der Waals surface area contributed by atoms with Crippen LogP contribution in [0, 0.1) is 6.92 Å². The van der Waals surface area contributed by atoms with Crippen molar-refractivity contribution in [3.8, 4) is 5.75 Å². The molecule has 0 spiro atoms. The van der Waals surface area contributed by atoms with Gasteiger partial charge in [0.2, 0.25) is 15.9 Å². The van der Waals surface area contributed by atoms with Crippen LogP contribution in [0.15, 0.2) is 47.4 Å². The molecular weight excluding hydrogens is 471 g/mol. The number of benzene rings is 2. The van der Waals surface area contributed by atoms with E-state index < -0.39 is 21.8 Å². The third kappa shape index (κ3) is 5.82. The summed E-state index contributed by atoms with van der Waals surface area (Å²) < 4.78 is 71.3. The van der Waals surface area contributed by atoms with E-state index in [1.165, 1.54) is 30.1 Å². The highest BCUT2D eigenvalue weighted by Crippen LogP contribution is 2.32. The minimum Gasteiger partial charge on any atom is -0.494 e. The summed E-state index contributed by atoms with van der Waals surface area (Å²) in [7, 11) is -2.54. The van der Waals surface area contributed by atoms with Gasteiger partial charge in [-0.15, -0.1) is 0 Å². The SMILES string of the molecule is CCOc1ccc(S(=O)(=O)N(C)CC(=O)N2CCN(c3cccc(C(F)(F)F)c3)CC2)cc1C. The minimum absolute atomic E-state index is 0.0677. The first-order valence-electron chi connectivity index (χ1n) is 10.8. The topological polar surface area (TPSA) is 70.2 Å². The Kier molecular flexibility index (Phi) is 7.77. The van der Waals surface area contributed by atoms with Gasteiger partial charge in [-0.1, -0.05) is 6.07 Å². The Bertz CT molecular complexity index is 1130. The van der Waals surface area contributed by atoms with E-state index in [2.05, 4.69) is 0 Å². The standard InChI is InChI=1S/C23H28F3N3O4S/c1-4-33-21-9-8-20(14-17(21)2)34(31,32)27(3)16-22(30)29-12-10-28(11-13-29)19-7-5-6-18(15-19)23(24,25)26/h5-9,14-15H,4,10-13,16H2,1-3H3. The molecule has 1 fully saturated rings. The zero-order valence-corrected chi connectivity index (χ0v) is 20.1. The van der Waals surface area contributed by atoms with Crippen molar-refractivity contribution < 1.29 is 31.1 Å². The third-order valence-electron chi connectivity index (χ3n) is 5.68. The van der Waals surface area contributed by atoms with Crippen LogP contribution in [0.4, 0.5) is 18.9 Å². The zero-order valence-electron chi connectivity index (χ0n) is 19.3. The number of hydrogen-bond donors (Lipinski definition) is 0. The Morgan fingerprint density at radius 3 is 2.35 bits per heavy atom. The quantitative estimate of drug-likeness (QED) is 0.584. The Hall–Kier alpha value is -2.79. The molecule has 0 bridgehead atoms. The average molecular weight is 500 g/mol. The molecule has 11 heteroatoms. The van der Waals surface area contributed by atoms with Crippen LogP contribution in [0.2, 0.25) is 0 Å². The van der Waals surface area contributed by atoms with E-state index in [-0.39, 0.29) is 30.4 Å². The predicted octanol–water partition coefficient (Wildman–Crippen LogP) is 3.38. The molecule has 1 saturated heterocycles. The fraction of sp³-hybridized carbons (Fsp3) is 0.435. The van der Waals surface area contributed by atoms with Crippen molar-refractivity contribution in [2.24, 2.45) is 0 Å². The van der Waals surface area contributed by atoms with Gasteiger partial charge in [-0.3, -0.25) is 4.79 Å². The number of ether oxygens (including phenoxy) is 1. The first-order valence-corrected chi connectivity index (χ1v) is 12.3. The van der Waals surface area contributed by atoms with Crippen LogP contribution in [-0.4, -0.2) is 69.9 Å². The number of rotatable bonds is 7. The molecule has 0 N–H and O–H groups in total. The molecule has 186 valence electrons. The van der Waals surface area contributed by atoms with E-state index in [4.69, 9.17) is 4.74 Å². The summed E-state index contributed by atoms with van der Waals surface area (Å²) in [6.07, 6.45) is -4.42. The third-order valence-corrected chi connectivity index (χ3v) is 7.48. The summed E-state index contributed by atoms with van der Waals surface area (Å²) in [5, 5.41) is 0. The van der Waals surface area contributed by atoms with Gasteiger partial charge in [-0.2, -0.15) is 17.5 Å². The fourth-order valence-corrected chi connectivity index (χ4v) is 4.95. The van der Waals surface area contributed by atoms with E-state index in [0.717, 1.165) is 16.4 Å². The highest BCUT2D eigenvalue weighted by Gasteiger charge is 2.32. The molecule has 7 nitrogen and oxygen atoms in total. The number of anilines is 1. The second kappa shape index (κ2) is 10.2. The lowest BCUT2D eigenvalue weighted by molar-refractivity contribution is -0.137. The summed E-state index contributed by atoms with van der Waals surface area (Å²) in [6.45, 7) is 4.97. The highest BCUT2D eigenvalue weighted by atomic mass is 32.2. The normalized spacial score (nSPS) is 15.0. The molecule has 1 aliphatic heterocycles. The number of amides is 1. The van der Waals surface area contributed by atoms with Crippen molar-refractivity contribution in [1.82, 2.24) is 9.21 Å². The highest BCUT2D eigenvalue weighted by molar-refractivity contribution is 7.89. The van der Waals surface area contributed by atoms with E-state index in [1.807, 2.05) is 6.92 Å². The summed E-state index contributed by atoms with van der Waals surface area (Å²) in [6, 6.07) is 9.62. The summed E-state index contributed by atoms with van der Waals surface area (Å²) >= 11 is 0. The van der Waals surface area contributed by atoms with Crippen LogP contribution in [0.1, 0.15) is 18.1 Å². The van der Waals surface area contributed by atoms with Crippen molar-refractivity contribution in [2.75, 3.05) is 51.3 Å². The summed E-state index contributed by atoms with van der Waals surface area (Å²) in [4.78, 5) is 16.1. The molecule has 34 heavy (non-hydrogen) atoms. The van der Waals surface area contributed by atoms with Crippen LogP contribution < -0.4 is 9.64 Å². The minimum atomic E-state index is -4.42. The smallest absolute Gasteiger partial charge is 0.416 e. The van der Waals surface area contributed by atoms with Crippen LogP contribution in [0.5, 0.6) is 5.75 Å². The number of halogens is 3. The van der Waals surface area contributed by atoms with Crippen molar-refractivity contribution in [2.45, 2.75) is 24.9 Å². The van der Waals surface area contributed by atoms with Crippen LogP contribution in [0.3, 0.4) is 0 Å². The number of nitrogens with zero attached hydrogens (tertiary/aromatic N) is 3. The zero-order chi connectivity index (χ0) is 25.1. The number of sulfonamides is 1. The van der Waals surface area contributed by atoms with Crippen molar-refractivity contribution >= 4 is 21.6 Å². The number of piperazine rings is 1. The van der Waals surface area contributed by atoms with E-state index >= 15 is 0 Å². The first kappa shape index (κ1) is 25.8. The number of alkyl halides is 3. The van der Waals surface area contributed by atoms with Crippen molar-refractivity contribution in [3.63, 3.8) is 0 Å². The number of carbonyl (C=O) groups excluding carboxylic acids is 1. The molecule has 3 rings (SSSR count). The van der Waals surface area contributed by atoms with Crippen LogP contribution in [-0.2, 0) is 21.0 Å². The largest absolute Gasteiger partial charge is 0.494 e. The number of hydrogen-bond acceptors (Lipinski definition) is 5. The molecular formula is C23H28F3N3O4S. The van der Waals surface area contributed by atoms with Crippen LogP contribution >= 0.6 is 0 Å². The first-order chi connectivity index (χ1) is 15.9. The molecule has 2 aromatic rings. The number of carbonyl (C=O) groups is 1. The Labute approximate surface area is 197 Å². The lowest BCUT2D eigenvalue weighted by Crippen LogP contribution is -2.51. The number of likely N-dealkylation sites (N-methyl/N-ethyl adjacent to an activating group) is 1. The van der Waals surface area contributed by atoms with Crippen LogP contribution in [0.25, 0.3) is 0 Å². The lowest BCUT2D eigenvalue weighted by Gasteiger charge is -2.36. The van der Waals surface area contributed by atoms with Gasteiger partial charge >= 0.3 is 6.18 Å². The second-order valence-electron chi connectivity index (χ2n) is 8.04. The van der Waals surface area contributed by atoms with E-state index in [9.17, 15) is 26.4 Å². The fourth-order valence-electron chi connectivity index (χ4n) is 3.75. The van der Waals surface area contributed by atoms with Gasteiger partial charge in [-0.05, 0) is 55.8 Å². The van der Waals surface area contributed by atoms with Crippen molar-refractivity contribution in [3.05, 3.63) is 53.6 Å². The lowest BCUT2D eigenvalue weighted by atomic mass is 10.1. The van der Waals surface area contributed by atoms with Gasteiger partial charge in [0.05, 0.1) is 23.6 Å². The van der Waals surface area contributed by atoms with Gasteiger partial charge < -0.3 is 14.5 Å². The molecule has 0 saturated carbocycles. The Morgan fingerprint density at radius 1 is 1.09 bits per heavy atom. The summed E-state index contributed by atoms with van der Waals surface area (Å²) in [5.41, 5.74) is 0.390. The van der Waals surface area contributed by atoms with Gasteiger partial charge in [0.25, 0.3) is 0 Å². The molecule has 0 aliphatic carbocycles. The molecule has 0 atom stereocenters. The maximum Gasteiger partial charge on any atom is 0.416 e. The predicted molar refractivity (Wildman–Crippen MR) is 122 cm³/mol. The Morgan fingerprint density at radius 2 is 1.76 bits per heavy atom. The van der Waals surface area contributed by atoms with Gasteiger partial charge in [-0.25, -0.2) is 8.42 Å². The maximum absolute atomic E-state index is 13.0. The Balaban J connectivity index is 1.61. The molecule has 1 aliphatic rings. The van der Waals surface area contributed by atoms with Gasteiger partial charge in [0.1, 0.15) is 5.75 Å². The molecule has 0 unspecified atom stereocenters.